The Labute approximate surface area is 153 Å². The van der Waals surface area contributed by atoms with Crippen molar-refractivity contribution in [2.75, 3.05) is 5.32 Å². The van der Waals surface area contributed by atoms with Crippen LogP contribution in [-0.2, 0) is 6.61 Å². The maximum absolute atomic E-state index is 13.0. The first-order chi connectivity index (χ1) is 12.6. The van der Waals surface area contributed by atoms with Crippen molar-refractivity contribution in [1.82, 2.24) is 0 Å². The maximum atomic E-state index is 13.0. The van der Waals surface area contributed by atoms with Gasteiger partial charge in [-0.1, -0.05) is 23.7 Å². The number of hydrogen-bond acceptors (Lipinski definition) is 4. The van der Waals surface area contributed by atoms with E-state index in [9.17, 15) is 9.18 Å². The Morgan fingerprint density at radius 3 is 2.81 bits per heavy atom. The molecule has 0 aliphatic heterocycles. The van der Waals surface area contributed by atoms with Gasteiger partial charge in [0.2, 0.25) is 0 Å². The summed E-state index contributed by atoms with van der Waals surface area (Å²) in [4.78, 5) is 12.2. The summed E-state index contributed by atoms with van der Waals surface area (Å²) >= 11 is 5.88. The number of rotatable bonds is 5. The lowest BCUT2D eigenvalue weighted by Crippen LogP contribution is -2.11. The summed E-state index contributed by atoms with van der Waals surface area (Å²) in [6.45, 7) is 0.0212. The van der Waals surface area contributed by atoms with Crippen molar-refractivity contribution in [3.05, 3.63) is 82.5 Å². The first kappa shape index (κ1) is 17.5. The number of amides is 1. The highest BCUT2D eigenvalue weighted by atomic mass is 35.5. The number of anilines is 1. The predicted octanol–water partition coefficient (Wildman–Crippen LogP) is 4.78. The fourth-order valence-electron chi connectivity index (χ4n) is 2.19. The average Bonchev–Trinajstić information content (AvgIpc) is 3.10. The predicted molar refractivity (Wildman–Crippen MR) is 93.6 cm³/mol. The lowest BCUT2D eigenvalue weighted by atomic mass is 10.2. The first-order valence-corrected chi connectivity index (χ1v) is 7.91. The lowest BCUT2D eigenvalue weighted by Gasteiger charge is -2.06. The molecule has 0 saturated heterocycles. The molecule has 1 N–H and O–H groups in total. The molecule has 130 valence electrons. The van der Waals surface area contributed by atoms with Gasteiger partial charge in [-0.05, 0) is 42.5 Å². The summed E-state index contributed by atoms with van der Waals surface area (Å²) in [6, 6.07) is 15.5. The highest BCUT2D eigenvalue weighted by Gasteiger charge is 2.14. The molecule has 3 rings (SSSR count). The maximum Gasteiger partial charge on any atom is 0.291 e. The van der Waals surface area contributed by atoms with Crippen molar-refractivity contribution in [3.8, 4) is 11.8 Å². The van der Waals surface area contributed by atoms with Gasteiger partial charge in [0.15, 0.2) is 5.76 Å². The number of hydrogen-bond donors (Lipinski definition) is 1. The van der Waals surface area contributed by atoms with Crippen LogP contribution in [0.3, 0.4) is 0 Å². The molecule has 0 aliphatic rings. The van der Waals surface area contributed by atoms with Crippen molar-refractivity contribution in [3.63, 3.8) is 0 Å². The summed E-state index contributed by atoms with van der Waals surface area (Å²) in [7, 11) is 0. The standard InChI is InChI=1S/C19H12ClFN2O3/c20-15-9-13(21)5-7-17(15)25-11-14-6-8-18(26-14)19(24)23-16-4-2-1-3-12(16)10-22/h1-9H,11H2,(H,23,24). The molecule has 0 aliphatic carbocycles. The molecule has 0 spiro atoms. The molecule has 0 radical (unpaired) electrons. The molecule has 2 aromatic carbocycles. The Morgan fingerprint density at radius 1 is 1.23 bits per heavy atom. The van der Waals surface area contributed by atoms with Crippen LogP contribution < -0.4 is 10.1 Å². The molecule has 5 nitrogen and oxygen atoms in total. The van der Waals surface area contributed by atoms with Gasteiger partial charge in [-0.3, -0.25) is 4.79 Å². The smallest absolute Gasteiger partial charge is 0.291 e. The van der Waals surface area contributed by atoms with E-state index in [1.165, 1.54) is 18.2 Å². The number of halogens is 2. The van der Waals surface area contributed by atoms with E-state index in [2.05, 4.69) is 5.32 Å². The monoisotopic (exact) mass is 370 g/mol. The van der Waals surface area contributed by atoms with Gasteiger partial charge in [-0.15, -0.1) is 0 Å². The number of para-hydroxylation sites is 1. The summed E-state index contributed by atoms with van der Waals surface area (Å²) in [5.41, 5.74) is 0.745. The fraction of sp³-hybridized carbons (Fsp3) is 0.0526. The molecular weight excluding hydrogens is 359 g/mol. The second-order valence-corrected chi connectivity index (χ2v) is 5.65. The molecule has 0 unspecified atom stereocenters. The number of benzene rings is 2. The van der Waals surface area contributed by atoms with Crippen LogP contribution >= 0.6 is 11.6 Å². The first-order valence-electron chi connectivity index (χ1n) is 7.54. The lowest BCUT2D eigenvalue weighted by molar-refractivity contribution is 0.0992. The van der Waals surface area contributed by atoms with E-state index in [4.69, 9.17) is 26.0 Å². The molecule has 26 heavy (non-hydrogen) atoms. The SMILES string of the molecule is N#Cc1ccccc1NC(=O)c1ccc(COc2ccc(F)cc2Cl)o1. The fourth-order valence-corrected chi connectivity index (χ4v) is 2.41. The molecule has 0 fully saturated rings. The van der Waals surface area contributed by atoms with Crippen LogP contribution in [-0.4, -0.2) is 5.91 Å². The highest BCUT2D eigenvalue weighted by Crippen LogP contribution is 2.26. The third-order valence-electron chi connectivity index (χ3n) is 3.45. The third kappa shape index (κ3) is 4.02. The number of nitriles is 1. The number of carbonyl (C=O) groups excluding carboxylic acids is 1. The summed E-state index contributed by atoms with van der Waals surface area (Å²) in [5.74, 6) is -0.181. The quantitative estimate of drug-likeness (QED) is 0.701. The number of carbonyl (C=O) groups is 1. The van der Waals surface area contributed by atoms with Gasteiger partial charge in [0.1, 0.15) is 30.0 Å². The van der Waals surface area contributed by atoms with Crippen molar-refractivity contribution in [2.24, 2.45) is 0 Å². The molecule has 1 aromatic heterocycles. The van der Waals surface area contributed by atoms with Crippen LogP contribution in [0.5, 0.6) is 5.75 Å². The van der Waals surface area contributed by atoms with Gasteiger partial charge >= 0.3 is 0 Å². The number of nitrogens with one attached hydrogen (secondary N) is 1. The minimum Gasteiger partial charge on any atom is -0.484 e. The van der Waals surface area contributed by atoms with Crippen LogP contribution in [0.4, 0.5) is 10.1 Å². The van der Waals surface area contributed by atoms with E-state index in [1.54, 1.807) is 30.3 Å². The van der Waals surface area contributed by atoms with Crippen LogP contribution in [0.2, 0.25) is 5.02 Å². The van der Waals surface area contributed by atoms with Gasteiger partial charge in [0.05, 0.1) is 16.3 Å². The molecule has 1 heterocycles. The largest absolute Gasteiger partial charge is 0.484 e. The van der Waals surface area contributed by atoms with E-state index >= 15 is 0 Å². The summed E-state index contributed by atoms with van der Waals surface area (Å²) in [5, 5.41) is 11.8. The molecular formula is C19H12ClFN2O3. The molecule has 7 heteroatoms. The zero-order chi connectivity index (χ0) is 18.5. The van der Waals surface area contributed by atoms with Gasteiger partial charge < -0.3 is 14.5 Å². The van der Waals surface area contributed by atoms with Crippen molar-refractivity contribution < 1.29 is 18.3 Å². The summed E-state index contributed by atoms with van der Waals surface area (Å²) < 4.78 is 23.9. The van der Waals surface area contributed by atoms with Gasteiger partial charge in [-0.2, -0.15) is 5.26 Å². The Kier molecular flexibility index (Phi) is 5.20. The molecule has 1 amide bonds. The highest BCUT2D eigenvalue weighted by molar-refractivity contribution is 6.32. The number of nitrogens with zero attached hydrogens (tertiary/aromatic N) is 1. The van der Waals surface area contributed by atoms with E-state index in [-0.39, 0.29) is 17.4 Å². The van der Waals surface area contributed by atoms with E-state index < -0.39 is 11.7 Å². The van der Waals surface area contributed by atoms with Crippen LogP contribution in [0.25, 0.3) is 0 Å². The van der Waals surface area contributed by atoms with E-state index in [0.717, 1.165) is 6.07 Å². The zero-order valence-electron chi connectivity index (χ0n) is 13.3. The Hall–Kier alpha value is -3.30. The van der Waals surface area contributed by atoms with Gasteiger partial charge in [0, 0.05) is 0 Å². The molecule has 0 bridgehead atoms. The van der Waals surface area contributed by atoms with Crippen LogP contribution in [0.1, 0.15) is 21.9 Å². The molecule has 3 aromatic rings. The third-order valence-corrected chi connectivity index (χ3v) is 3.74. The van der Waals surface area contributed by atoms with Gasteiger partial charge in [-0.25, -0.2) is 4.39 Å². The topological polar surface area (TPSA) is 75.3 Å². The number of furan rings is 1. The Balaban J connectivity index is 1.65. The van der Waals surface area contributed by atoms with Crippen molar-refractivity contribution in [1.29, 1.82) is 5.26 Å². The minimum atomic E-state index is -0.487. The van der Waals surface area contributed by atoms with Crippen LogP contribution in [0, 0.1) is 17.1 Å². The summed E-state index contributed by atoms with van der Waals surface area (Å²) in [6.07, 6.45) is 0. The second kappa shape index (κ2) is 7.72. The Morgan fingerprint density at radius 2 is 2.04 bits per heavy atom. The Bertz CT molecular complexity index is 994. The van der Waals surface area contributed by atoms with E-state index in [1.807, 2.05) is 6.07 Å². The minimum absolute atomic E-state index is 0.0212. The second-order valence-electron chi connectivity index (χ2n) is 5.24. The van der Waals surface area contributed by atoms with Gasteiger partial charge in [0.25, 0.3) is 5.91 Å². The van der Waals surface area contributed by atoms with Crippen molar-refractivity contribution >= 4 is 23.2 Å². The van der Waals surface area contributed by atoms with Crippen LogP contribution in [0.15, 0.2) is 59.0 Å². The number of ether oxygens (including phenoxy) is 1. The van der Waals surface area contributed by atoms with E-state index in [0.29, 0.717) is 22.8 Å². The average molecular weight is 371 g/mol. The van der Waals surface area contributed by atoms with Crippen molar-refractivity contribution in [2.45, 2.75) is 6.61 Å². The molecule has 0 saturated carbocycles. The zero-order valence-corrected chi connectivity index (χ0v) is 14.1. The molecule has 0 atom stereocenters. The normalized spacial score (nSPS) is 10.2.